The Morgan fingerprint density at radius 1 is 1.22 bits per heavy atom. The Balaban J connectivity index is 1.28. The molecule has 1 saturated heterocycles. The summed E-state index contributed by atoms with van der Waals surface area (Å²) in [7, 11) is 1.94. The fourth-order valence-corrected chi connectivity index (χ4v) is 5.97. The number of ether oxygens (including phenoxy) is 1. The predicted molar refractivity (Wildman–Crippen MR) is 150 cm³/mol. The second-order valence-electron chi connectivity index (χ2n) is 11.6. The first-order valence-electron chi connectivity index (χ1n) is 14.2. The minimum Gasteiger partial charge on any atom is -0.476 e. The maximum Gasteiger partial charge on any atom is 0.255 e. The zero-order chi connectivity index (χ0) is 28.2. The molecule has 4 aromatic heterocycles. The Morgan fingerprint density at radius 2 is 2.07 bits per heavy atom. The monoisotopic (exact) mass is 560 g/mol. The van der Waals surface area contributed by atoms with E-state index in [1.807, 2.05) is 17.7 Å². The molecule has 2 fully saturated rings. The molecule has 2 aliphatic heterocycles. The van der Waals surface area contributed by atoms with E-state index in [1.54, 1.807) is 17.2 Å². The van der Waals surface area contributed by atoms with Crippen LogP contribution in [0.1, 0.15) is 35.3 Å². The Morgan fingerprint density at radius 3 is 2.83 bits per heavy atom. The van der Waals surface area contributed by atoms with E-state index in [-0.39, 0.29) is 24.3 Å². The molecule has 1 aliphatic carbocycles. The number of imidazole rings is 1. The number of aryl methyl sites for hydroxylation is 1. The van der Waals surface area contributed by atoms with Crippen molar-refractivity contribution >= 4 is 33.9 Å². The van der Waals surface area contributed by atoms with Crippen LogP contribution in [-0.4, -0.2) is 79.8 Å². The molecule has 41 heavy (non-hydrogen) atoms. The molecule has 12 heteroatoms. The minimum atomic E-state index is -0.701. The van der Waals surface area contributed by atoms with Crippen LogP contribution in [0.15, 0.2) is 24.4 Å². The number of hydrogen-bond acceptors (Lipinski definition) is 7. The molecule has 0 radical (unpaired) electrons. The van der Waals surface area contributed by atoms with Gasteiger partial charge in [0.05, 0.1) is 29.6 Å². The Hall–Kier alpha value is -4.06. The third kappa shape index (κ3) is 4.69. The number of rotatable bonds is 9. The highest BCUT2D eigenvalue weighted by atomic mass is 19.1. The van der Waals surface area contributed by atoms with Crippen molar-refractivity contribution in [2.45, 2.75) is 38.3 Å². The van der Waals surface area contributed by atoms with Gasteiger partial charge in [-0.2, -0.15) is 0 Å². The summed E-state index contributed by atoms with van der Waals surface area (Å²) in [6.45, 7) is 1.80. The lowest BCUT2D eigenvalue weighted by molar-refractivity contribution is -0.119. The summed E-state index contributed by atoms with van der Waals surface area (Å²) in [4.78, 5) is 40.9. The summed E-state index contributed by atoms with van der Waals surface area (Å²) in [5.41, 5.74) is 10.2. The normalized spacial score (nSPS) is 19.7. The number of halogens is 1. The van der Waals surface area contributed by atoms with Crippen LogP contribution in [0.5, 0.6) is 5.88 Å². The Labute approximate surface area is 235 Å². The lowest BCUT2D eigenvalue weighted by Gasteiger charge is -2.29. The van der Waals surface area contributed by atoms with Crippen molar-refractivity contribution < 1.29 is 18.7 Å². The number of aromatic nitrogens is 5. The van der Waals surface area contributed by atoms with Crippen LogP contribution in [0, 0.1) is 11.8 Å². The standard InChI is InChI=1S/C29H33FN8O3/c1-36-26-22(10-20-21(34-26)5-7-37(29(20)40)14-19(31)11-30)35-27(36)23-9-18-4-6-32-28(25(18)38(23)13-16-2-3-16)41-15-17-8-24(39)33-12-17/h4,6,9-10,16-17,19H,2-3,5,7-8,11-15,31H2,1H3,(H,33,39)/t17-,19+/m0/s1. The number of pyridine rings is 2. The van der Waals surface area contributed by atoms with Gasteiger partial charge in [-0.15, -0.1) is 0 Å². The van der Waals surface area contributed by atoms with Gasteiger partial charge in [-0.1, -0.05) is 0 Å². The quantitative estimate of drug-likeness (QED) is 0.321. The van der Waals surface area contributed by atoms with Crippen molar-refractivity contribution in [1.82, 2.24) is 34.3 Å². The molecule has 7 rings (SSSR count). The number of nitrogens with one attached hydrogen (secondary N) is 1. The molecule has 0 unspecified atom stereocenters. The van der Waals surface area contributed by atoms with Crippen LogP contribution >= 0.6 is 0 Å². The SMILES string of the molecule is Cn1c(-c2cc3ccnc(OC[C@@H]4CNC(=O)C4)c3n2CC2CC2)nc2cc3c(nc21)CCN(C[C@H](N)CF)C3=O. The van der Waals surface area contributed by atoms with E-state index in [4.69, 9.17) is 20.4 Å². The zero-order valence-electron chi connectivity index (χ0n) is 23.0. The highest BCUT2D eigenvalue weighted by molar-refractivity contribution is 5.99. The molecule has 4 aromatic rings. The lowest BCUT2D eigenvalue weighted by atomic mass is 10.0. The van der Waals surface area contributed by atoms with Crippen LogP contribution < -0.4 is 15.8 Å². The van der Waals surface area contributed by atoms with Gasteiger partial charge in [0.2, 0.25) is 11.8 Å². The third-order valence-corrected chi connectivity index (χ3v) is 8.37. The van der Waals surface area contributed by atoms with E-state index in [9.17, 15) is 14.0 Å². The van der Waals surface area contributed by atoms with Crippen molar-refractivity contribution in [2.75, 3.05) is 32.9 Å². The number of amides is 2. The summed E-state index contributed by atoms with van der Waals surface area (Å²) >= 11 is 0. The molecule has 0 aromatic carbocycles. The molecule has 1 saturated carbocycles. The van der Waals surface area contributed by atoms with E-state index in [0.717, 1.165) is 34.7 Å². The molecule has 2 atom stereocenters. The molecular weight excluding hydrogens is 527 g/mol. The van der Waals surface area contributed by atoms with E-state index in [1.165, 1.54) is 12.8 Å². The molecule has 214 valence electrons. The number of nitrogens with zero attached hydrogens (tertiary/aromatic N) is 6. The van der Waals surface area contributed by atoms with E-state index >= 15 is 0 Å². The van der Waals surface area contributed by atoms with Crippen LogP contribution in [0.2, 0.25) is 0 Å². The van der Waals surface area contributed by atoms with Gasteiger partial charge in [0.1, 0.15) is 17.7 Å². The highest BCUT2D eigenvalue weighted by Gasteiger charge is 2.30. The fraction of sp³-hybridized carbons (Fsp3) is 0.483. The average molecular weight is 561 g/mol. The zero-order valence-corrected chi connectivity index (χ0v) is 23.0. The Kier molecular flexibility index (Phi) is 6.37. The molecule has 3 N–H and O–H groups in total. The second kappa shape index (κ2) is 10.1. The van der Waals surface area contributed by atoms with Gasteiger partial charge in [0, 0.05) is 63.6 Å². The number of hydrogen-bond donors (Lipinski definition) is 2. The summed E-state index contributed by atoms with van der Waals surface area (Å²) in [6, 6.07) is 5.19. The molecule has 11 nitrogen and oxygen atoms in total. The maximum absolute atomic E-state index is 13.2. The van der Waals surface area contributed by atoms with Crippen LogP contribution in [0.25, 0.3) is 33.6 Å². The van der Waals surface area contributed by atoms with Gasteiger partial charge < -0.3 is 29.8 Å². The number of carbonyl (C=O) groups is 2. The van der Waals surface area contributed by atoms with Gasteiger partial charge in [-0.25, -0.2) is 19.3 Å². The Bertz CT molecular complexity index is 1680. The largest absolute Gasteiger partial charge is 0.476 e. The van der Waals surface area contributed by atoms with E-state index in [2.05, 4.69) is 20.9 Å². The summed E-state index contributed by atoms with van der Waals surface area (Å²) in [6.07, 6.45) is 5.13. The minimum absolute atomic E-state index is 0.0547. The predicted octanol–water partition coefficient (Wildman–Crippen LogP) is 2.20. The molecule has 0 bridgehead atoms. The van der Waals surface area contributed by atoms with Crippen LogP contribution in [-0.2, 0) is 24.8 Å². The summed E-state index contributed by atoms with van der Waals surface area (Å²) in [5.74, 6) is 1.86. The first kappa shape index (κ1) is 25.9. The van der Waals surface area contributed by atoms with Crippen molar-refractivity contribution in [3.8, 4) is 17.4 Å². The summed E-state index contributed by atoms with van der Waals surface area (Å²) < 4.78 is 23.5. The number of nitrogens with two attached hydrogens (primary N) is 1. The molecular formula is C29H33FN8O3. The van der Waals surface area contributed by atoms with E-state index < -0.39 is 12.7 Å². The molecule has 3 aliphatic rings. The topological polar surface area (TPSA) is 133 Å². The first-order chi connectivity index (χ1) is 19.9. The average Bonchev–Trinajstić information content (AvgIpc) is 3.45. The highest BCUT2D eigenvalue weighted by Crippen LogP contribution is 2.38. The van der Waals surface area contributed by atoms with Crippen molar-refractivity contribution in [2.24, 2.45) is 24.6 Å². The lowest BCUT2D eigenvalue weighted by Crippen LogP contribution is -2.45. The smallest absolute Gasteiger partial charge is 0.255 e. The molecule has 0 spiro atoms. The van der Waals surface area contributed by atoms with Crippen LogP contribution in [0.4, 0.5) is 4.39 Å². The fourth-order valence-electron chi connectivity index (χ4n) is 5.97. The van der Waals surface area contributed by atoms with Gasteiger partial charge in [0.25, 0.3) is 5.91 Å². The van der Waals surface area contributed by atoms with Crippen molar-refractivity contribution in [1.29, 1.82) is 0 Å². The van der Waals surface area contributed by atoms with Gasteiger partial charge in [0.15, 0.2) is 11.5 Å². The summed E-state index contributed by atoms with van der Waals surface area (Å²) in [5, 5.41) is 3.86. The second-order valence-corrected chi connectivity index (χ2v) is 11.6. The number of carbonyl (C=O) groups excluding carboxylic acids is 2. The van der Waals surface area contributed by atoms with Crippen LogP contribution in [0.3, 0.4) is 0 Å². The first-order valence-corrected chi connectivity index (χ1v) is 14.2. The van der Waals surface area contributed by atoms with E-state index in [0.29, 0.717) is 61.1 Å². The van der Waals surface area contributed by atoms with Crippen molar-refractivity contribution in [3.63, 3.8) is 0 Å². The third-order valence-electron chi connectivity index (χ3n) is 8.37. The number of alkyl halides is 1. The van der Waals surface area contributed by atoms with Gasteiger partial charge in [-0.3, -0.25) is 9.59 Å². The van der Waals surface area contributed by atoms with Crippen molar-refractivity contribution in [3.05, 3.63) is 35.7 Å². The van der Waals surface area contributed by atoms with Gasteiger partial charge in [-0.05, 0) is 37.0 Å². The molecule has 2 amide bonds. The maximum atomic E-state index is 13.2. The molecule has 6 heterocycles. The van der Waals surface area contributed by atoms with Gasteiger partial charge >= 0.3 is 0 Å². The number of fused-ring (bicyclic) bond motifs is 3.